The number of aliphatic hydroxyl groups excluding tert-OH is 1. The van der Waals surface area contributed by atoms with E-state index < -0.39 is 0 Å². The molecule has 1 aromatic carbocycles. The maximum Gasteiger partial charge on any atom is 0.254 e. The first kappa shape index (κ1) is 14.8. The van der Waals surface area contributed by atoms with Gasteiger partial charge in [-0.15, -0.1) is 0 Å². The van der Waals surface area contributed by atoms with E-state index in [4.69, 9.17) is 16.7 Å². The number of pyridine rings is 1. The minimum absolute atomic E-state index is 0.0531. The van der Waals surface area contributed by atoms with Crippen LogP contribution in [0.2, 0.25) is 5.15 Å². The van der Waals surface area contributed by atoms with E-state index in [2.05, 4.69) is 4.98 Å². The zero-order valence-electron chi connectivity index (χ0n) is 11.3. The molecule has 0 aliphatic heterocycles. The van der Waals surface area contributed by atoms with E-state index in [1.807, 2.05) is 31.2 Å². The summed E-state index contributed by atoms with van der Waals surface area (Å²) in [7, 11) is 0. The van der Waals surface area contributed by atoms with Crippen LogP contribution in [0, 0.1) is 0 Å². The standard InChI is InChI=1S/C15H17ClN2O2/c1-2-7-18(8-9-19)15(20)12-10-14(16)17-13-6-4-3-5-11(12)13/h3-6,10,19H,2,7-9H2,1H3. The van der Waals surface area contributed by atoms with Crippen molar-refractivity contribution in [3.8, 4) is 0 Å². The second kappa shape index (κ2) is 6.68. The topological polar surface area (TPSA) is 53.4 Å². The fraction of sp³-hybridized carbons (Fsp3) is 0.333. The molecule has 0 fully saturated rings. The lowest BCUT2D eigenvalue weighted by molar-refractivity contribution is 0.0724. The summed E-state index contributed by atoms with van der Waals surface area (Å²) in [5.41, 5.74) is 1.23. The first-order chi connectivity index (χ1) is 9.67. The molecule has 1 aromatic heterocycles. The van der Waals surface area contributed by atoms with Gasteiger partial charge in [-0.25, -0.2) is 4.98 Å². The van der Waals surface area contributed by atoms with E-state index >= 15 is 0 Å². The predicted molar refractivity (Wildman–Crippen MR) is 80.0 cm³/mol. The number of amides is 1. The fourth-order valence-electron chi connectivity index (χ4n) is 2.20. The van der Waals surface area contributed by atoms with Gasteiger partial charge in [0.1, 0.15) is 5.15 Å². The Morgan fingerprint density at radius 3 is 2.80 bits per heavy atom. The molecule has 0 bridgehead atoms. The molecular weight excluding hydrogens is 276 g/mol. The van der Waals surface area contributed by atoms with E-state index in [0.29, 0.717) is 29.3 Å². The van der Waals surface area contributed by atoms with Crippen LogP contribution in [-0.2, 0) is 0 Å². The van der Waals surface area contributed by atoms with Crippen LogP contribution in [0.1, 0.15) is 23.7 Å². The summed E-state index contributed by atoms with van der Waals surface area (Å²) in [6, 6.07) is 9.00. The molecule has 0 radical (unpaired) electrons. The van der Waals surface area contributed by atoms with Crippen molar-refractivity contribution in [1.29, 1.82) is 0 Å². The quantitative estimate of drug-likeness (QED) is 0.862. The van der Waals surface area contributed by atoms with Gasteiger partial charge in [0, 0.05) is 18.5 Å². The van der Waals surface area contributed by atoms with Crippen molar-refractivity contribution in [2.75, 3.05) is 19.7 Å². The Labute approximate surface area is 123 Å². The van der Waals surface area contributed by atoms with Gasteiger partial charge in [-0.05, 0) is 18.6 Å². The van der Waals surface area contributed by atoms with Crippen LogP contribution in [-0.4, -0.2) is 40.6 Å². The predicted octanol–water partition coefficient (Wildman–Crippen LogP) is 2.73. The van der Waals surface area contributed by atoms with Gasteiger partial charge in [0.25, 0.3) is 5.91 Å². The Balaban J connectivity index is 2.47. The third-order valence-corrected chi connectivity index (χ3v) is 3.26. The van der Waals surface area contributed by atoms with Gasteiger partial charge in [-0.2, -0.15) is 0 Å². The average molecular weight is 293 g/mol. The molecule has 1 N–H and O–H groups in total. The van der Waals surface area contributed by atoms with Crippen LogP contribution in [0.25, 0.3) is 10.9 Å². The summed E-state index contributed by atoms with van der Waals surface area (Å²) in [4.78, 5) is 18.5. The Hall–Kier alpha value is -1.65. The Bertz CT molecular complexity index is 610. The number of aliphatic hydroxyl groups is 1. The molecule has 0 atom stereocenters. The van der Waals surface area contributed by atoms with Crippen LogP contribution in [0.4, 0.5) is 0 Å². The number of fused-ring (bicyclic) bond motifs is 1. The Kier molecular flexibility index (Phi) is 4.93. The number of aromatic nitrogens is 1. The molecule has 2 aromatic rings. The number of halogens is 1. The first-order valence-corrected chi connectivity index (χ1v) is 7.00. The number of para-hydroxylation sites is 1. The summed E-state index contributed by atoms with van der Waals surface area (Å²) in [6.45, 7) is 2.87. The second-order valence-electron chi connectivity index (χ2n) is 4.53. The maximum absolute atomic E-state index is 12.6. The zero-order valence-corrected chi connectivity index (χ0v) is 12.1. The van der Waals surface area contributed by atoms with E-state index in [0.717, 1.165) is 11.8 Å². The minimum atomic E-state index is -0.124. The van der Waals surface area contributed by atoms with Crippen LogP contribution in [0.5, 0.6) is 0 Å². The third-order valence-electron chi connectivity index (χ3n) is 3.07. The number of rotatable bonds is 5. The van der Waals surface area contributed by atoms with E-state index in [1.54, 1.807) is 11.0 Å². The van der Waals surface area contributed by atoms with Gasteiger partial charge in [0.15, 0.2) is 0 Å². The van der Waals surface area contributed by atoms with Gasteiger partial charge in [-0.3, -0.25) is 4.79 Å². The molecule has 0 saturated carbocycles. The highest BCUT2D eigenvalue weighted by molar-refractivity contribution is 6.30. The lowest BCUT2D eigenvalue weighted by atomic mass is 10.1. The molecule has 2 rings (SSSR count). The summed E-state index contributed by atoms with van der Waals surface area (Å²) in [6.07, 6.45) is 0.836. The number of nitrogens with zero attached hydrogens (tertiary/aromatic N) is 2. The van der Waals surface area contributed by atoms with Gasteiger partial charge in [0.2, 0.25) is 0 Å². The number of hydrogen-bond acceptors (Lipinski definition) is 3. The van der Waals surface area contributed by atoms with E-state index in [-0.39, 0.29) is 12.5 Å². The van der Waals surface area contributed by atoms with Crippen molar-refractivity contribution in [3.63, 3.8) is 0 Å². The molecule has 20 heavy (non-hydrogen) atoms. The second-order valence-corrected chi connectivity index (χ2v) is 4.91. The van der Waals surface area contributed by atoms with Crippen molar-refractivity contribution >= 4 is 28.4 Å². The number of carbonyl (C=O) groups excluding carboxylic acids is 1. The van der Waals surface area contributed by atoms with E-state index in [1.165, 1.54) is 0 Å². The molecule has 0 spiro atoms. The summed E-state index contributed by atoms with van der Waals surface area (Å²) in [5, 5.41) is 10.2. The number of hydrogen-bond donors (Lipinski definition) is 1. The number of carbonyl (C=O) groups is 1. The smallest absolute Gasteiger partial charge is 0.254 e. The molecule has 1 heterocycles. The highest BCUT2D eigenvalue weighted by atomic mass is 35.5. The van der Waals surface area contributed by atoms with Gasteiger partial charge in [0.05, 0.1) is 17.7 Å². The Morgan fingerprint density at radius 2 is 2.10 bits per heavy atom. The monoisotopic (exact) mass is 292 g/mol. The number of benzene rings is 1. The molecule has 0 unspecified atom stereocenters. The molecule has 1 amide bonds. The molecular formula is C15H17ClN2O2. The SMILES string of the molecule is CCCN(CCO)C(=O)c1cc(Cl)nc2ccccc12. The lowest BCUT2D eigenvalue weighted by Crippen LogP contribution is -2.34. The van der Waals surface area contributed by atoms with Crippen LogP contribution < -0.4 is 0 Å². The highest BCUT2D eigenvalue weighted by Crippen LogP contribution is 2.22. The maximum atomic E-state index is 12.6. The van der Waals surface area contributed by atoms with Crippen molar-refractivity contribution < 1.29 is 9.90 Å². The largest absolute Gasteiger partial charge is 0.395 e. The summed E-state index contributed by atoms with van der Waals surface area (Å²) < 4.78 is 0. The molecule has 0 aliphatic rings. The Morgan fingerprint density at radius 1 is 1.35 bits per heavy atom. The van der Waals surface area contributed by atoms with Crippen molar-refractivity contribution in [1.82, 2.24) is 9.88 Å². The van der Waals surface area contributed by atoms with Crippen molar-refractivity contribution in [2.45, 2.75) is 13.3 Å². The van der Waals surface area contributed by atoms with Crippen LogP contribution >= 0.6 is 11.6 Å². The average Bonchev–Trinajstić information content (AvgIpc) is 2.45. The van der Waals surface area contributed by atoms with Gasteiger partial charge < -0.3 is 10.0 Å². The molecule has 5 heteroatoms. The normalized spacial score (nSPS) is 10.8. The highest BCUT2D eigenvalue weighted by Gasteiger charge is 2.18. The van der Waals surface area contributed by atoms with Crippen molar-refractivity contribution in [2.24, 2.45) is 0 Å². The molecule has 106 valence electrons. The fourth-order valence-corrected chi connectivity index (χ4v) is 2.40. The van der Waals surface area contributed by atoms with Gasteiger partial charge in [-0.1, -0.05) is 36.7 Å². The summed E-state index contributed by atoms with van der Waals surface area (Å²) in [5.74, 6) is -0.124. The van der Waals surface area contributed by atoms with Crippen molar-refractivity contribution in [3.05, 3.63) is 41.0 Å². The van der Waals surface area contributed by atoms with Gasteiger partial charge >= 0.3 is 0 Å². The summed E-state index contributed by atoms with van der Waals surface area (Å²) >= 11 is 6.00. The first-order valence-electron chi connectivity index (χ1n) is 6.62. The molecule has 4 nitrogen and oxygen atoms in total. The molecule has 0 saturated heterocycles. The van der Waals surface area contributed by atoms with Crippen LogP contribution in [0.15, 0.2) is 30.3 Å². The third kappa shape index (κ3) is 3.08. The van der Waals surface area contributed by atoms with Crippen LogP contribution in [0.3, 0.4) is 0 Å². The molecule has 0 aliphatic carbocycles. The zero-order chi connectivity index (χ0) is 14.5. The lowest BCUT2D eigenvalue weighted by Gasteiger charge is -2.21. The minimum Gasteiger partial charge on any atom is -0.395 e. The van der Waals surface area contributed by atoms with E-state index in [9.17, 15) is 4.79 Å².